The fraction of sp³-hybridized carbons (Fsp3) is 0.375. The highest BCUT2D eigenvalue weighted by Gasteiger charge is 2.16. The topological polar surface area (TPSA) is 35.5 Å². The van der Waals surface area contributed by atoms with Crippen LogP contribution in [-0.2, 0) is 14.3 Å². The summed E-state index contributed by atoms with van der Waals surface area (Å²) in [6.07, 6.45) is 1.54. The van der Waals surface area contributed by atoms with Gasteiger partial charge in [0.1, 0.15) is 10.7 Å². The molecular weight excluding hydrogens is 176 g/mol. The first-order valence-corrected chi connectivity index (χ1v) is 4.50. The van der Waals surface area contributed by atoms with Crippen molar-refractivity contribution in [3.05, 3.63) is 22.3 Å². The van der Waals surface area contributed by atoms with Crippen molar-refractivity contribution in [3.63, 3.8) is 0 Å². The van der Waals surface area contributed by atoms with E-state index in [0.29, 0.717) is 17.3 Å². The van der Waals surface area contributed by atoms with Gasteiger partial charge in [-0.3, -0.25) is 0 Å². The molecule has 4 heteroatoms. The Bertz CT molecular complexity index is 243. The van der Waals surface area contributed by atoms with Gasteiger partial charge in [0.2, 0.25) is 0 Å². The maximum absolute atomic E-state index is 11.2. The molecule has 12 heavy (non-hydrogen) atoms. The summed E-state index contributed by atoms with van der Waals surface area (Å²) in [7, 11) is 0. The highest BCUT2D eigenvalue weighted by molar-refractivity contribution is 8.06. The van der Waals surface area contributed by atoms with Crippen molar-refractivity contribution in [2.45, 2.75) is 13.8 Å². The monoisotopic (exact) mass is 186 g/mol. The number of thioether (sulfide) groups is 1. The van der Waals surface area contributed by atoms with Crippen molar-refractivity contribution in [2.24, 2.45) is 0 Å². The van der Waals surface area contributed by atoms with Crippen LogP contribution in [0.5, 0.6) is 0 Å². The summed E-state index contributed by atoms with van der Waals surface area (Å²) in [5.74, 6) is 0.283. The molecule has 0 spiro atoms. The standard InChI is InChI=1S/C8H10O3S/c1-3-10-8(9)7-6(2)11-4-5-12-7/h4-5H,3H2,1-2H3. The molecule has 0 N–H and O–H groups in total. The third kappa shape index (κ3) is 2.04. The molecule has 0 radical (unpaired) electrons. The van der Waals surface area contributed by atoms with Crippen LogP contribution in [0, 0.1) is 0 Å². The van der Waals surface area contributed by atoms with Crippen molar-refractivity contribution in [1.82, 2.24) is 0 Å². The maximum atomic E-state index is 11.2. The van der Waals surface area contributed by atoms with Gasteiger partial charge in [0.25, 0.3) is 0 Å². The Morgan fingerprint density at radius 2 is 2.50 bits per heavy atom. The molecular formula is C8H10O3S. The van der Waals surface area contributed by atoms with E-state index in [1.54, 1.807) is 25.5 Å². The highest BCUT2D eigenvalue weighted by Crippen LogP contribution is 2.27. The van der Waals surface area contributed by atoms with Gasteiger partial charge in [-0.15, -0.1) is 0 Å². The first-order valence-electron chi connectivity index (χ1n) is 3.62. The minimum atomic E-state index is -0.315. The SMILES string of the molecule is CCOC(=O)C1=C(C)OC=CS1. The van der Waals surface area contributed by atoms with Crippen molar-refractivity contribution in [3.8, 4) is 0 Å². The van der Waals surface area contributed by atoms with E-state index in [1.165, 1.54) is 11.8 Å². The lowest BCUT2D eigenvalue weighted by Crippen LogP contribution is -2.08. The van der Waals surface area contributed by atoms with Gasteiger partial charge in [0, 0.05) is 5.41 Å². The molecule has 0 unspecified atom stereocenters. The van der Waals surface area contributed by atoms with Crippen LogP contribution in [0.3, 0.4) is 0 Å². The zero-order valence-electron chi connectivity index (χ0n) is 6.99. The molecule has 0 amide bonds. The van der Waals surface area contributed by atoms with E-state index in [2.05, 4.69) is 0 Å². The Kier molecular flexibility index (Phi) is 3.22. The number of hydrogen-bond donors (Lipinski definition) is 0. The van der Waals surface area contributed by atoms with Crippen LogP contribution in [0.25, 0.3) is 0 Å². The smallest absolute Gasteiger partial charge is 0.348 e. The van der Waals surface area contributed by atoms with Crippen LogP contribution >= 0.6 is 11.8 Å². The Labute approximate surface area is 75.4 Å². The summed E-state index contributed by atoms with van der Waals surface area (Å²) in [6.45, 7) is 3.90. The third-order valence-corrected chi connectivity index (χ3v) is 2.20. The second kappa shape index (κ2) is 4.21. The van der Waals surface area contributed by atoms with E-state index in [1.807, 2.05) is 0 Å². The lowest BCUT2D eigenvalue weighted by Gasteiger charge is -2.11. The van der Waals surface area contributed by atoms with Crippen LogP contribution in [0.2, 0.25) is 0 Å². The fourth-order valence-corrected chi connectivity index (χ4v) is 1.37. The average molecular weight is 186 g/mol. The molecule has 1 rings (SSSR count). The molecule has 1 heterocycles. The van der Waals surface area contributed by atoms with E-state index >= 15 is 0 Å². The van der Waals surface area contributed by atoms with Crippen LogP contribution in [-0.4, -0.2) is 12.6 Å². The Hall–Kier alpha value is -0.900. The fourth-order valence-electron chi connectivity index (χ4n) is 0.751. The molecule has 0 saturated carbocycles. The summed E-state index contributed by atoms with van der Waals surface area (Å²) in [6, 6.07) is 0. The number of allylic oxidation sites excluding steroid dienone is 1. The quantitative estimate of drug-likeness (QED) is 0.618. The van der Waals surface area contributed by atoms with Crippen molar-refractivity contribution >= 4 is 17.7 Å². The van der Waals surface area contributed by atoms with E-state index in [9.17, 15) is 4.79 Å². The maximum Gasteiger partial charge on any atom is 0.348 e. The van der Waals surface area contributed by atoms with Gasteiger partial charge < -0.3 is 9.47 Å². The molecule has 0 atom stereocenters. The number of carbonyl (C=O) groups excluding carboxylic acids is 1. The average Bonchev–Trinajstić information content (AvgIpc) is 2.05. The molecule has 0 aromatic heterocycles. The molecule has 0 aromatic carbocycles. The van der Waals surface area contributed by atoms with Gasteiger partial charge in [-0.05, 0) is 13.8 Å². The van der Waals surface area contributed by atoms with E-state index in [0.717, 1.165) is 0 Å². The number of esters is 1. The lowest BCUT2D eigenvalue weighted by atomic mass is 10.5. The summed E-state index contributed by atoms with van der Waals surface area (Å²) >= 11 is 1.32. The summed E-state index contributed by atoms with van der Waals surface area (Å²) in [5, 5.41) is 1.71. The van der Waals surface area contributed by atoms with Crippen molar-refractivity contribution < 1.29 is 14.3 Å². The highest BCUT2D eigenvalue weighted by atomic mass is 32.2. The number of ether oxygens (including phenoxy) is 2. The molecule has 0 fully saturated rings. The van der Waals surface area contributed by atoms with Crippen molar-refractivity contribution in [1.29, 1.82) is 0 Å². The first-order chi connectivity index (χ1) is 5.75. The van der Waals surface area contributed by atoms with Gasteiger partial charge in [-0.25, -0.2) is 4.79 Å². The van der Waals surface area contributed by atoms with Crippen LogP contribution in [0.4, 0.5) is 0 Å². The molecule has 1 aliphatic rings. The summed E-state index contributed by atoms with van der Waals surface area (Å²) in [4.78, 5) is 11.7. The molecule has 3 nitrogen and oxygen atoms in total. The lowest BCUT2D eigenvalue weighted by molar-refractivity contribution is -0.137. The van der Waals surface area contributed by atoms with Crippen LogP contribution < -0.4 is 0 Å². The molecule has 0 aromatic rings. The van der Waals surface area contributed by atoms with Crippen LogP contribution in [0.15, 0.2) is 22.3 Å². The molecule has 0 aliphatic carbocycles. The summed E-state index contributed by atoms with van der Waals surface area (Å²) < 4.78 is 9.86. The third-order valence-electron chi connectivity index (χ3n) is 1.27. The normalized spacial score (nSPS) is 15.8. The Morgan fingerprint density at radius 3 is 3.08 bits per heavy atom. The Morgan fingerprint density at radius 1 is 1.75 bits per heavy atom. The minimum Gasteiger partial charge on any atom is -0.468 e. The molecule has 0 bridgehead atoms. The van der Waals surface area contributed by atoms with E-state index in [4.69, 9.17) is 9.47 Å². The number of carbonyl (C=O) groups is 1. The number of rotatable bonds is 2. The van der Waals surface area contributed by atoms with Gasteiger partial charge in [-0.2, -0.15) is 0 Å². The number of hydrogen-bond acceptors (Lipinski definition) is 4. The second-order valence-corrected chi connectivity index (χ2v) is 3.03. The summed E-state index contributed by atoms with van der Waals surface area (Å²) in [5.41, 5.74) is 0. The zero-order valence-corrected chi connectivity index (χ0v) is 7.81. The minimum absolute atomic E-state index is 0.315. The van der Waals surface area contributed by atoms with Gasteiger partial charge in [0.15, 0.2) is 0 Å². The van der Waals surface area contributed by atoms with Gasteiger partial charge in [-0.1, -0.05) is 11.8 Å². The molecule has 0 saturated heterocycles. The molecule has 66 valence electrons. The van der Waals surface area contributed by atoms with E-state index in [-0.39, 0.29) is 5.97 Å². The Balaban J connectivity index is 2.66. The zero-order chi connectivity index (χ0) is 8.97. The predicted octanol–water partition coefficient (Wildman–Crippen LogP) is 2.02. The van der Waals surface area contributed by atoms with Gasteiger partial charge in [0.05, 0.1) is 12.9 Å². The van der Waals surface area contributed by atoms with Crippen molar-refractivity contribution in [2.75, 3.05) is 6.61 Å². The molecule has 1 aliphatic heterocycles. The van der Waals surface area contributed by atoms with E-state index < -0.39 is 0 Å². The second-order valence-electron chi connectivity index (χ2n) is 2.11. The van der Waals surface area contributed by atoms with Gasteiger partial charge >= 0.3 is 5.97 Å². The largest absolute Gasteiger partial charge is 0.468 e. The predicted molar refractivity (Wildman–Crippen MR) is 47.1 cm³/mol. The first kappa shape index (κ1) is 9.19. The van der Waals surface area contributed by atoms with Crippen LogP contribution in [0.1, 0.15) is 13.8 Å².